The molecule has 8 heteroatoms. The van der Waals surface area contributed by atoms with Gasteiger partial charge in [0.25, 0.3) is 0 Å². The molecule has 1 aromatic carbocycles. The topological polar surface area (TPSA) is 85.4 Å². The Morgan fingerprint density at radius 1 is 1.42 bits per heavy atom. The van der Waals surface area contributed by atoms with Crippen LogP contribution in [0.3, 0.4) is 0 Å². The second-order valence-electron chi connectivity index (χ2n) is 5.79. The van der Waals surface area contributed by atoms with Crippen LogP contribution in [-0.2, 0) is 19.6 Å². The van der Waals surface area contributed by atoms with Gasteiger partial charge >= 0.3 is 5.97 Å². The number of benzene rings is 1. The highest BCUT2D eigenvalue weighted by molar-refractivity contribution is 7.89. The molecule has 1 atom stereocenters. The fraction of sp³-hybridized carbons (Fsp3) is 0.375. The van der Waals surface area contributed by atoms with Crippen molar-refractivity contribution in [2.75, 3.05) is 7.11 Å². The maximum atomic E-state index is 12.8. The van der Waals surface area contributed by atoms with Gasteiger partial charge in [0, 0.05) is 17.6 Å². The number of nitrogens with one attached hydrogen (secondary N) is 1. The largest absolute Gasteiger partial charge is 0.469 e. The fourth-order valence-electron chi connectivity index (χ4n) is 2.68. The first-order chi connectivity index (χ1) is 11.4. The Labute approximate surface area is 145 Å². The molecule has 1 heterocycles. The first kappa shape index (κ1) is 17.1. The van der Waals surface area contributed by atoms with Crippen LogP contribution in [-0.4, -0.2) is 32.5 Å². The van der Waals surface area contributed by atoms with Gasteiger partial charge in [-0.3, -0.25) is 9.78 Å². The van der Waals surface area contributed by atoms with Crippen molar-refractivity contribution in [3.8, 4) is 0 Å². The number of nitrogens with zero attached hydrogens (tertiary/aromatic N) is 1. The molecule has 1 fully saturated rings. The van der Waals surface area contributed by atoms with Crippen molar-refractivity contribution in [1.29, 1.82) is 0 Å². The van der Waals surface area contributed by atoms with Crippen molar-refractivity contribution in [2.45, 2.75) is 30.2 Å². The van der Waals surface area contributed by atoms with Gasteiger partial charge in [-0.1, -0.05) is 11.6 Å². The van der Waals surface area contributed by atoms with E-state index < -0.39 is 22.0 Å². The number of hydrogen-bond acceptors (Lipinski definition) is 5. The number of hydrogen-bond donors (Lipinski definition) is 1. The summed E-state index contributed by atoms with van der Waals surface area (Å²) in [6, 6.07) is 5.82. The number of methoxy groups -OCH3 is 1. The van der Waals surface area contributed by atoms with E-state index in [9.17, 15) is 13.2 Å². The monoisotopic (exact) mass is 368 g/mol. The van der Waals surface area contributed by atoms with Gasteiger partial charge in [0.05, 0.1) is 29.0 Å². The van der Waals surface area contributed by atoms with Gasteiger partial charge in [0.15, 0.2) is 0 Å². The number of halogens is 1. The summed E-state index contributed by atoms with van der Waals surface area (Å²) >= 11 is 6.09. The summed E-state index contributed by atoms with van der Waals surface area (Å²) < 4.78 is 33.0. The Kier molecular flexibility index (Phi) is 4.76. The summed E-state index contributed by atoms with van der Waals surface area (Å²) in [7, 11) is -2.53. The van der Waals surface area contributed by atoms with E-state index in [1.54, 1.807) is 18.3 Å². The van der Waals surface area contributed by atoms with Crippen LogP contribution in [0.2, 0.25) is 5.02 Å². The van der Waals surface area contributed by atoms with Gasteiger partial charge in [-0.2, -0.15) is 0 Å². The lowest BCUT2D eigenvalue weighted by molar-refractivity contribution is -0.141. The molecule has 1 N–H and O–H groups in total. The van der Waals surface area contributed by atoms with E-state index in [2.05, 4.69) is 14.4 Å². The SMILES string of the molecule is COC(=O)C[C@@H](NS(=O)(=O)c1ccc(Cl)c2ncccc12)C1CC1. The van der Waals surface area contributed by atoms with E-state index in [0.717, 1.165) is 12.8 Å². The van der Waals surface area contributed by atoms with E-state index in [-0.39, 0.29) is 17.2 Å². The molecule has 128 valence electrons. The number of esters is 1. The Morgan fingerprint density at radius 2 is 2.17 bits per heavy atom. The van der Waals surface area contributed by atoms with E-state index in [0.29, 0.717) is 15.9 Å². The van der Waals surface area contributed by atoms with Crippen LogP contribution in [0.5, 0.6) is 0 Å². The lowest BCUT2D eigenvalue weighted by Gasteiger charge is -2.18. The average molecular weight is 369 g/mol. The number of pyridine rings is 1. The molecule has 0 amide bonds. The van der Waals surface area contributed by atoms with Crippen LogP contribution < -0.4 is 4.72 Å². The molecule has 0 radical (unpaired) electrons. The molecule has 0 aliphatic heterocycles. The fourth-order valence-corrected chi connectivity index (χ4v) is 4.39. The highest BCUT2D eigenvalue weighted by Crippen LogP contribution is 2.35. The smallest absolute Gasteiger partial charge is 0.307 e. The number of fused-ring (bicyclic) bond motifs is 1. The zero-order valence-electron chi connectivity index (χ0n) is 13.0. The zero-order valence-corrected chi connectivity index (χ0v) is 14.6. The van der Waals surface area contributed by atoms with Crippen molar-refractivity contribution in [3.63, 3.8) is 0 Å². The molecule has 1 aliphatic carbocycles. The molecule has 0 unspecified atom stereocenters. The Hall–Kier alpha value is -1.70. The minimum absolute atomic E-state index is 0.0180. The molecule has 2 aromatic rings. The molecule has 0 bridgehead atoms. The molecular formula is C16H17ClN2O4S. The zero-order chi connectivity index (χ0) is 17.3. The van der Waals surface area contributed by atoms with Crippen molar-refractivity contribution in [3.05, 3.63) is 35.5 Å². The molecule has 24 heavy (non-hydrogen) atoms. The van der Waals surface area contributed by atoms with Crippen LogP contribution in [0.15, 0.2) is 35.4 Å². The quantitative estimate of drug-likeness (QED) is 0.792. The van der Waals surface area contributed by atoms with E-state index in [1.165, 1.54) is 19.2 Å². The molecule has 0 spiro atoms. The van der Waals surface area contributed by atoms with Gasteiger partial charge in [0.2, 0.25) is 10.0 Å². The van der Waals surface area contributed by atoms with Gasteiger partial charge in [-0.25, -0.2) is 13.1 Å². The molecule has 1 saturated carbocycles. The number of rotatable bonds is 6. The lowest BCUT2D eigenvalue weighted by atomic mass is 10.1. The summed E-state index contributed by atoms with van der Waals surface area (Å²) in [4.78, 5) is 15.8. The maximum absolute atomic E-state index is 12.8. The maximum Gasteiger partial charge on any atom is 0.307 e. The van der Waals surface area contributed by atoms with Crippen LogP contribution in [0.1, 0.15) is 19.3 Å². The number of carbonyl (C=O) groups excluding carboxylic acids is 1. The number of sulfonamides is 1. The van der Waals surface area contributed by atoms with Gasteiger partial charge in [-0.15, -0.1) is 0 Å². The van der Waals surface area contributed by atoms with Crippen molar-refractivity contribution < 1.29 is 17.9 Å². The molecule has 6 nitrogen and oxygen atoms in total. The predicted octanol–water partition coefficient (Wildman–Crippen LogP) is 2.51. The highest BCUT2D eigenvalue weighted by Gasteiger charge is 2.36. The summed E-state index contributed by atoms with van der Waals surface area (Å²) in [5, 5.41) is 0.836. The van der Waals surface area contributed by atoms with Crippen molar-refractivity contribution in [2.24, 2.45) is 5.92 Å². The molecule has 0 saturated heterocycles. The summed E-state index contributed by atoms with van der Waals surface area (Å²) in [6.07, 6.45) is 3.37. The first-order valence-electron chi connectivity index (χ1n) is 7.55. The van der Waals surface area contributed by atoms with Crippen molar-refractivity contribution >= 4 is 38.5 Å². The third-order valence-corrected chi connectivity index (χ3v) is 5.93. The van der Waals surface area contributed by atoms with Crippen LogP contribution in [0.25, 0.3) is 10.9 Å². The van der Waals surface area contributed by atoms with Crippen LogP contribution in [0, 0.1) is 5.92 Å². The Morgan fingerprint density at radius 3 is 2.83 bits per heavy atom. The van der Waals surface area contributed by atoms with Gasteiger partial charge in [-0.05, 0) is 43.0 Å². The molecule has 1 aliphatic rings. The third kappa shape index (κ3) is 3.53. The molecular weight excluding hydrogens is 352 g/mol. The second-order valence-corrected chi connectivity index (χ2v) is 7.88. The predicted molar refractivity (Wildman–Crippen MR) is 90.2 cm³/mol. The summed E-state index contributed by atoms with van der Waals surface area (Å²) in [6.45, 7) is 0. The van der Waals surface area contributed by atoms with E-state index in [4.69, 9.17) is 11.6 Å². The number of aromatic nitrogens is 1. The average Bonchev–Trinajstić information content (AvgIpc) is 3.39. The van der Waals surface area contributed by atoms with Gasteiger partial charge in [0.1, 0.15) is 0 Å². The summed E-state index contributed by atoms with van der Waals surface area (Å²) in [5.74, 6) is -0.271. The Bertz CT molecular complexity index is 881. The normalized spacial score (nSPS) is 16.1. The Balaban J connectivity index is 1.95. The van der Waals surface area contributed by atoms with Crippen molar-refractivity contribution in [1.82, 2.24) is 9.71 Å². The van der Waals surface area contributed by atoms with Crippen LogP contribution in [0.4, 0.5) is 0 Å². The van der Waals surface area contributed by atoms with E-state index in [1.807, 2.05) is 0 Å². The number of ether oxygens (including phenoxy) is 1. The van der Waals surface area contributed by atoms with Crippen LogP contribution >= 0.6 is 11.6 Å². The third-order valence-electron chi connectivity index (χ3n) is 4.08. The minimum Gasteiger partial charge on any atom is -0.469 e. The molecule has 3 rings (SSSR count). The standard InChI is InChI=1S/C16H17ClN2O4S/c1-23-15(20)9-13(10-4-5-10)19-24(21,22)14-7-6-12(17)16-11(14)3-2-8-18-16/h2-3,6-8,10,13,19H,4-5,9H2,1H3/t13-/m1/s1. The first-order valence-corrected chi connectivity index (χ1v) is 9.41. The summed E-state index contributed by atoms with van der Waals surface area (Å²) in [5.41, 5.74) is 0.429. The minimum atomic E-state index is -3.82. The highest BCUT2D eigenvalue weighted by atomic mass is 35.5. The van der Waals surface area contributed by atoms with Gasteiger partial charge < -0.3 is 4.74 Å². The lowest BCUT2D eigenvalue weighted by Crippen LogP contribution is -2.38. The van der Waals surface area contributed by atoms with E-state index >= 15 is 0 Å². The second kappa shape index (κ2) is 6.66. The molecule has 1 aromatic heterocycles. The number of carbonyl (C=O) groups is 1.